The SMILES string of the molecule is CC.CSCNCC(C)=O. The Hall–Kier alpha value is -0.0200. The fourth-order valence-electron chi connectivity index (χ4n) is 0.329. The third-order valence-electron chi connectivity index (χ3n) is 0.620. The van der Waals surface area contributed by atoms with E-state index in [1.165, 1.54) is 0 Å². The second-order valence-corrected chi connectivity index (χ2v) is 2.43. The van der Waals surface area contributed by atoms with Gasteiger partial charge in [0.2, 0.25) is 0 Å². The maximum Gasteiger partial charge on any atom is 0.143 e. The minimum Gasteiger partial charge on any atom is -0.301 e. The van der Waals surface area contributed by atoms with Crippen LogP contribution in [0.3, 0.4) is 0 Å². The average molecular weight is 163 g/mol. The molecule has 0 aromatic carbocycles. The van der Waals surface area contributed by atoms with Crippen molar-refractivity contribution >= 4 is 17.5 Å². The van der Waals surface area contributed by atoms with Crippen molar-refractivity contribution in [2.24, 2.45) is 0 Å². The molecule has 0 saturated heterocycles. The Bertz CT molecular complexity index is 76.0. The number of thioether (sulfide) groups is 1. The molecular formula is C7H17NOS. The molecule has 0 spiro atoms. The van der Waals surface area contributed by atoms with Gasteiger partial charge >= 0.3 is 0 Å². The Morgan fingerprint density at radius 3 is 2.30 bits per heavy atom. The Morgan fingerprint density at radius 2 is 2.00 bits per heavy atom. The highest BCUT2D eigenvalue weighted by Gasteiger charge is 1.87. The average Bonchev–Trinajstić information content (AvgIpc) is 1.92. The zero-order valence-corrected chi connectivity index (χ0v) is 8.05. The molecule has 0 amide bonds. The molecule has 0 heterocycles. The summed E-state index contributed by atoms with van der Waals surface area (Å²) < 4.78 is 0. The van der Waals surface area contributed by atoms with Crippen molar-refractivity contribution in [1.82, 2.24) is 5.32 Å². The highest BCUT2D eigenvalue weighted by atomic mass is 32.2. The van der Waals surface area contributed by atoms with E-state index in [9.17, 15) is 4.79 Å². The smallest absolute Gasteiger partial charge is 0.143 e. The first-order valence-electron chi connectivity index (χ1n) is 3.46. The molecule has 0 aromatic heterocycles. The summed E-state index contributed by atoms with van der Waals surface area (Å²) in [6, 6.07) is 0. The van der Waals surface area contributed by atoms with E-state index in [1.807, 2.05) is 20.1 Å². The summed E-state index contributed by atoms with van der Waals surface area (Å²) in [5.41, 5.74) is 0. The van der Waals surface area contributed by atoms with Crippen LogP contribution in [-0.2, 0) is 4.79 Å². The number of rotatable bonds is 4. The van der Waals surface area contributed by atoms with E-state index in [-0.39, 0.29) is 5.78 Å². The fraction of sp³-hybridized carbons (Fsp3) is 0.857. The van der Waals surface area contributed by atoms with Crippen LogP contribution < -0.4 is 5.32 Å². The van der Waals surface area contributed by atoms with Crippen LogP contribution in [0.25, 0.3) is 0 Å². The van der Waals surface area contributed by atoms with E-state index < -0.39 is 0 Å². The highest BCUT2D eigenvalue weighted by molar-refractivity contribution is 7.98. The topological polar surface area (TPSA) is 29.1 Å². The monoisotopic (exact) mass is 163 g/mol. The lowest BCUT2D eigenvalue weighted by Gasteiger charge is -1.95. The van der Waals surface area contributed by atoms with E-state index in [0.717, 1.165) is 5.88 Å². The molecule has 2 nitrogen and oxygen atoms in total. The molecule has 0 atom stereocenters. The van der Waals surface area contributed by atoms with Gasteiger partial charge in [0.1, 0.15) is 5.78 Å². The van der Waals surface area contributed by atoms with Gasteiger partial charge in [0.25, 0.3) is 0 Å². The summed E-state index contributed by atoms with van der Waals surface area (Å²) in [6.07, 6.45) is 1.99. The van der Waals surface area contributed by atoms with Crippen LogP contribution in [0, 0.1) is 0 Å². The minimum atomic E-state index is 0.194. The lowest BCUT2D eigenvalue weighted by Crippen LogP contribution is -2.19. The number of carbonyl (C=O) groups is 1. The van der Waals surface area contributed by atoms with Crippen LogP contribution in [0.2, 0.25) is 0 Å². The van der Waals surface area contributed by atoms with Gasteiger partial charge in [-0.05, 0) is 13.2 Å². The van der Waals surface area contributed by atoms with Gasteiger partial charge in [-0.3, -0.25) is 4.79 Å². The van der Waals surface area contributed by atoms with E-state index in [4.69, 9.17) is 0 Å². The third kappa shape index (κ3) is 15.7. The Balaban J connectivity index is 0. The van der Waals surface area contributed by atoms with E-state index in [0.29, 0.717) is 6.54 Å². The summed E-state index contributed by atoms with van der Waals surface area (Å²) >= 11 is 1.68. The van der Waals surface area contributed by atoms with E-state index >= 15 is 0 Å². The molecule has 0 fully saturated rings. The molecule has 10 heavy (non-hydrogen) atoms. The van der Waals surface area contributed by atoms with Gasteiger partial charge in [-0.15, -0.1) is 11.8 Å². The van der Waals surface area contributed by atoms with Crippen molar-refractivity contribution in [2.45, 2.75) is 20.8 Å². The molecule has 0 radical (unpaired) electrons. The van der Waals surface area contributed by atoms with Crippen LogP contribution in [0.5, 0.6) is 0 Å². The first kappa shape index (κ1) is 12.6. The molecule has 0 aliphatic heterocycles. The van der Waals surface area contributed by atoms with Crippen LogP contribution in [-0.4, -0.2) is 24.5 Å². The van der Waals surface area contributed by atoms with Crippen LogP contribution in [0.1, 0.15) is 20.8 Å². The first-order valence-corrected chi connectivity index (χ1v) is 4.86. The van der Waals surface area contributed by atoms with Gasteiger partial charge in [0.15, 0.2) is 0 Å². The molecule has 3 heteroatoms. The normalized spacial score (nSPS) is 8.00. The van der Waals surface area contributed by atoms with Crippen LogP contribution in [0.4, 0.5) is 0 Å². The van der Waals surface area contributed by atoms with Gasteiger partial charge in [-0.2, -0.15) is 0 Å². The van der Waals surface area contributed by atoms with Crippen molar-refractivity contribution in [1.29, 1.82) is 0 Å². The molecule has 0 aliphatic rings. The quantitative estimate of drug-likeness (QED) is 0.503. The predicted molar refractivity (Wildman–Crippen MR) is 48.4 cm³/mol. The number of ketones is 1. The summed E-state index contributed by atoms with van der Waals surface area (Å²) in [6.45, 7) is 6.08. The van der Waals surface area contributed by atoms with Gasteiger partial charge in [0.05, 0.1) is 6.54 Å². The van der Waals surface area contributed by atoms with Crippen LogP contribution in [0.15, 0.2) is 0 Å². The Labute approximate surface area is 67.8 Å². The molecule has 0 saturated carbocycles. The second kappa shape index (κ2) is 11.7. The van der Waals surface area contributed by atoms with Crippen molar-refractivity contribution in [3.8, 4) is 0 Å². The fourth-order valence-corrected chi connectivity index (χ4v) is 0.635. The van der Waals surface area contributed by atoms with Gasteiger partial charge < -0.3 is 5.32 Å². The number of carbonyl (C=O) groups excluding carboxylic acids is 1. The third-order valence-corrected chi connectivity index (χ3v) is 1.11. The van der Waals surface area contributed by atoms with Crippen molar-refractivity contribution in [3.05, 3.63) is 0 Å². The molecular weight excluding hydrogens is 146 g/mol. The molecule has 0 rings (SSSR count). The standard InChI is InChI=1S/C5H11NOS.C2H6/c1-5(7)3-6-4-8-2;1-2/h6H,3-4H2,1-2H3;1-2H3. The van der Waals surface area contributed by atoms with E-state index in [2.05, 4.69) is 5.32 Å². The zero-order valence-electron chi connectivity index (χ0n) is 7.23. The van der Waals surface area contributed by atoms with Crippen molar-refractivity contribution in [2.75, 3.05) is 18.7 Å². The summed E-state index contributed by atoms with van der Waals surface area (Å²) in [4.78, 5) is 10.2. The van der Waals surface area contributed by atoms with Crippen molar-refractivity contribution in [3.63, 3.8) is 0 Å². The lowest BCUT2D eigenvalue weighted by molar-refractivity contribution is -0.116. The summed E-state index contributed by atoms with van der Waals surface area (Å²) in [5.74, 6) is 1.05. The van der Waals surface area contributed by atoms with Gasteiger partial charge in [-0.25, -0.2) is 0 Å². The Kier molecular flexibility index (Phi) is 14.8. The van der Waals surface area contributed by atoms with Gasteiger partial charge in [-0.1, -0.05) is 13.8 Å². The van der Waals surface area contributed by atoms with Gasteiger partial charge in [0, 0.05) is 5.88 Å². The maximum atomic E-state index is 10.2. The minimum absolute atomic E-state index is 0.194. The predicted octanol–water partition coefficient (Wildman–Crippen LogP) is 1.51. The molecule has 0 bridgehead atoms. The summed E-state index contributed by atoms with van der Waals surface area (Å²) in [5, 5.41) is 2.95. The molecule has 0 aromatic rings. The second-order valence-electron chi connectivity index (χ2n) is 1.56. The largest absolute Gasteiger partial charge is 0.301 e. The lowest BCUT2D eigenvalue weighted by atomic mass is 10.5. The van der Waals surface area contributed by atoms with Crippen LogP contribution >= 0.6 is 11.8 Å². The highest BCUT2D eigenvalue weighted by Crippen LogP contribution is 1.83. The molecule has 0 unspecified atom stereocenters. The molecule has 62 valence electrons. The molecule has 0 aliphatic carbocycles. The number of Topliss-reactive ketones (excluding diaryl/α,β-unsaturated/α-hetero) is 1. The maximum absolute atomic E-state index is 10.2. The number of hydrogen-bond donors (Lipinski definition) is 1. The Morgan fingerprint density at radius 1 is 1.50 bits per heavy atom. The van der Waals surface area contributed by atoms with Crippen molar-refractivity contribution < 1.29 is 4.79 Å². The van der Waals surface area contributed by atoms with E-state index in [1.54, 1.807) is 18.7 Å². The summed E-state index contributed by atoms with van der Waals surface area (Å²) in [7, 11) is 0. The zero-order chi connectivity index (χ0) is 8.41. The first-order chi connectivity index (χ1) is 4.77. The number of hydrogen-bond acceptors (Lipinski definition) is 3. The number of nitrogens with one attached hydrogen (secondary N) is 1. The molecule has 1 N–H and O–H groups in total.